The molecule has 1 heterocycles. The van der Waals surface area contributed by atoms with E-state index < -0.39 is 0 Å². The van der Waals surface area contributed by atoms with Crippen molar-refractivity contribution in [1.82, 2.24) is 0 Å². The zero-order valence-corrected chi connectivity index (χ0v) is 13.5. The molecule has 0 saturated carbocycles. The monoisotopic (exact) mass is 332 g/mol. The molecule has 0 aromatic heterocycles. The topological polar surface area (TPSA) is 52.6 Å². The Labute approximate surface area is 136 Å². The van der Waals surface area contributed by atoms with Crippen molar-refractivity contribution in [3.05, 3.63) is 47.5 Å². The lowest BCUT2D eigenvalue weighted by atomic mass is 10.2. The Hall–Kier alpha value is -1.92. The minimum Gasteiger partial charge on any atom is -0.465 e. The van der Waals surface area contributed by atoms with Gasteiger partial charge in [0.05, 0.1) is 25.3 Å². The predicted molar refractivity (Wildman–Crippen MR) is 83.8 cm³/mol. The van der Waals surface area contributed by atoms with Gasteiger partial charge in [0.2, 0.25) is 0 Å². The van der Waals surface area contributed by atoms with Gasteiger partial charge >= 0.3 is 11.9 Å². The molecular formula is C16H12O4S2. The largest absolute Gasteiger partial charge is 0.465 e. The molecule has 0 unspecified atom stereocenters. The van der Waals surface area contributed by atoms with Crippen LogP contribution < -0.4 is 0 Å². The van der Waals surface area contributed by atoms with Crippen LogP contribution in [0.15, 0.2) is 56.0 Å². The molecule has 0 atom stereocenters. The van der Waals surface area contributed by atoms with Crippen LogP contribution in [0.5, 0.6) is 0 Å². The highest BCUT2D eigenvalue weighted by molar-refractivity contribution is 8.05. The van der Waals surface area contributed by atoms with E-state index in [1.807, 2.05) is 24.3 Å². The number of carbonyl (C=O) groups excluding carboxylic acids is 2. The van der Waals surface area contributed by atoms with E-state index in [2.05, 4.69) is 0 Å². The van der Waals surface area contributed by atoms with Gasteiger partial charge in [-0.2, -0.15) is 0 Å². The number of ether oxygens (including phenoxy) is 2. The summed E-state index contributed by atoms with van der Waals surface area (Å²) in [6.07, 6.45) is 0. The summed E-state index contributed by atoms with van der Waals surface area (Å²) in [4.78, 5) is 27.3. The van der Waals surface area contributed by atoms with E-state index in [1.54, 1.807) is 35.7 Å². The molecule has 0 spiro atoms. The Balaban J connectivity index is 1.95. The van der Waals surface area contributed by atoms with Gasteiger partial charge < -0.3 is 9.47 Å². The van der Waals surface area contributed by atoms with Crippen LogP contribution in [0.2, 0.25) is 0 Å². The first-order chi connectivity index (χ1) is 10.6. The maximum absolute atomic E-state index is 11.6. The molecular weight excluding hydrogens is 320 g/mol. The number of benzene rings is 2. The molecule has 22 heavy (non-hydrogen) atoms. The summed E-state index contributed by atoms with van der Waals surface area (Å²) in [5.74, 6) is -0.694. The summed E-state index contributed by atoms with van der Waals surface area (Å²) < 4.78 is 9.49. The van der Waals surface area contributed by atoms with Gasteiger partial charge in [-0.1, -0.05) is 23.5 Å². The van der Waals surface area contributed by atoms with Crippen LogP contribution in [0.3, 0.4) is 0 Å². The fourth-order valence-electron chi connectivity index (χ4n) is 2.07. The number of esters is 2. The Bertz CT molecular complexity index is 705. The van der Waals surface area contributed by atoms with Crippen molar-refractivity contribution < 1.29 is 19.1 Å². The number of carbonyl (C=O) groups is 2. The summed E-state index contributed by atoms with van der Waals surface area (Å²) in [5.41, 5.74) is 1.06. The number of rotatable bonds is 2. The van der Waals surface area contributed by atoms with E-state index in [9.17, 15) is 9.59 Å². The van der Waals surface area contributed by atoms with Crippen molar-refractivity contribution in [3.8, 4) is 0 Å². The molecule has 0 saturated heterocycles. The average Bonchev–Trinajstić information content (AvgIpc) is 2.57. The smallest absolute Gasteiger partial charge is 0.337 e. The highest BCUT2D eigenvalue weighted by atomic mass is 32.2. The quantitative estimate of drug-likeness (QED) is 0.664. The van der Waals surface area contributed by atoms with Gasteiger partial charge in [-0.15, -0.1) is 0 Å². The van der Waals surface area contributed by atoms with Crippen LogP contribution in [0.1, 0.15) is 20.7 Å². The Morgan fingerprint density at radius 1 is 0.727 bits per heavy atom. The van der Waals surface area contributed by atoms with E-state index >= 15 is 0 Å². The second-order valence-corrected chi connectivity index (χ2v) is 6.68. The third-order valence-electron chi connectivity index (χ3n) is 3.17. The third kappa shape index (κ3) is 2.71. The Morgan fingerprint density at radius 3 is 1.50 bits per heavy atom. The minimum absolute atomic E-state index is 0.347. The van der Waals surface area contributed by atoms with Gasteiger partial charge in [0.1, 0.15) is 0 Å². The maximum Gasteiger partial charge on any atom is 0.337 e. The predicted octanol–water partition coefficient (Wildman–Crippen LogP) is 3.88. The van der Waals surface area contributed by atoms with Gasteiger partial charge in [0.15, 0.2) is 0 Å². The lowest BCUT2D eigenvalue weighted by Gasteiger charge is -2.19. The van der Waals surface area contributed by atoms with Crippen LogP contribution in [0.25, 0.3) is 0 Å². The molecule has 6 heteroatoms. The zero-order valence-electron chi connectivity index (χ0n) is 11.9. The number of hydrogen-bond acceptors (Lipinski definition) is 6. The normalized spacial score (nSPS) is 12.1. The van der Waals surface area contributed by atoms with Crippen molar-refractivity contribution in [2.75, 3.05) is 14.2 Å². The molecule has 3 rings (SSSR count). The van der Waals surface area contributed by atoms with E-state index in [0.29, 0.717) is 11.1 Å². The first-order valence-electron chi connectivity index (χ1n) is 6.43. The summed E-state index contributed by atoms with van der Waals surface area (Å²) in [6.45, 7) is 0. The molecule has 0 radical (unpaired) electrons. The summed E-state index contributed by atoms with van der Waals surface area (Å²) in [6, 6.07) is 10.9. The molecule has 0 bridgehead atoms. The van der Waals surface area contributed by atoms with Crippen LogP contribution in [-0.2, 0) is 9.47 Å². The third-order valence-corrected chi connectivity index (χ3v) is 5.70. The van der Waals surface area contributed by atoms with Crippen molar-refractivity contribution >= 4 is 35.5 Å². The molecule has 0 N–H and O–H groups in total. The van der Waals surface area contributed by atoms with Crippen molar-refractivity contribution in [2.45, 2.75) is 19.6 Å². The number of methoxy groups -OCH3 is 2. The van der Waals surface area contributed by atoms with Crippen LogP contribution in [-0.4, -0.2) is 26.2 Å². The molecule has 0 amide bonds. The first kappa shape index (κ1) is 15.0. The first-order valence-corrected chi connectivity index (χ1v) is 8.06. The Kier molecular flexibility index (Phi) is 4.13. The van der Waals surface area contributed by atoms with Gasteiger partial charge in [-0.3, -0.25) is 0 Å². The fraction of sp³-hybridized carbons (Fsp3) is 0.125. The second-order valence-electron chi connectivity index (χ2n) is 4.51. The van der Waals surface area contributed by atoms with Gasteiger partial charge in [0.25, 0.3) is 0 Å². The lowest BCUT2D eigenvalue weighted by Crippen LogP contribution is -2.03. The summed E-state index contributed by atoms with van der Waals surface area (Å²) in [7, 11) is 2.74. The van der Waals surface area contributed by atoms with Crippen LogP contribution >= 0.6 is 23.5 Å². The lowest BCUT2D eigenvalue weighted by molar-refractivity contribution is 0.0591. The highest BCUT2D eigenvalue weighted by Gasteiger charge is 2.20. The number of fused-ring (bicyclic) bond motifs is 2. The van der Waals surface area contributed by atoms with Crippen molar-refractivity contribution in [3.63, 3.8) is 0 Å². The standard InChI is InChI=1S/C16H12O4S2/c1-19-15(17)9-3-5-11-13(7-9)21-12-6-4-10(16(18)20-2)8-14(12)22-11/h3-8H,1-2H3. The van der Waals surface area contributed by atoms with Crippen LogP contribution in [0.4, 0.5) is 0 Å². The maximum atomic E-state index is 11.6. The van der Waals surface area contributed by atoms with Gasteiger partial charge in [-0.05, 0) is 36.4 Å². The van der Waals surface area contributed by atoms with Gasteiger partial charge in [0, 0.05) is 19.6 Å². The van der Waals surface area contributed by atoms with Crippen LogP contribution in [0, 0.1) is 0 Å². The van der Waals surface area contributed by atoms with E-state index in [1.165, 1.54) is 14.2 Å². The molecule has 2 aromatic rings. The van der Waals surface area contributed by atoms with E-state index in [-0.39, 0.29) is 11.9 Å². The highest BCUT2D eigenvalue weighted by Crippen LogP contribution is 2.48. The minimum atomic E-state index is -0.347. The number of hydrogen-bond donors (Lipinski definition) is 0. The van der Waals surface area contributed by atoms with Crippen molar-refractivity contribution in [2.24, 2.45) is 0 Å². The summed E-state index contributed by atoms with van der Waals surface area (Å²) in [5, 5.41) is 0. The zero-order chi connectivity index (χ0) is 15.7. The molecule has 2 aromatic carbocycles. The molecule has 112 valence electrons. The molecule has 4 nitrogen and oxygen atoms in total. The molecule has 0 aliphatic carbocycles. The van der Waals surface area contributed by atoms with E-state index in [0.717, 1.165) is 19.6 Å². The summed E-state index contributed by atoms with van der Waals surface area (Å²) >= 11 is 3.14. The average molecular weight is 332 g/mol. The van der Waals surface area contributed by atoms with E-state index in [4.69, 9.17) is 9.47 Å². The van der Waals surface area contributed by atoms with Gasteiger partial charge in [-0.25, -0.2) is 9.59 Å². The fourth-order valence-corrected chi connectivity index (χ4v) is 4.34. The second kappa shape index (κ2) is 6.06. The molecule has 0 fully saturated rings. The Morgan fingerprint density at radius 2 is 1.14 bits per heavy atom. The molecule has 1 aliphatic heterocycles. The van der Waals surface area contributed by atoms with Crippen molar-refractivity contribution in [1.29, 1.82) is 0 Å². The molecule has 1 aliphatic rings. The SMILES string of the molecule is COC(=O)c1ccc2c(c1)Sc1ccc(C(=O)OC)cc1S2.